The van der Waals surface area contributed by atoms with Crippen LogP contribution in [-0.2, 0) is 25.6 Å². The summed E-state index contributed by atoms with van der Waals surface area (Å²) >= 11 is 0. The minimum absolute atomic E-state index is 0.155. The lowest BCUT2D eigenvalue weighted by Crippen LogP contribution is -2.58. The zero-order valence-electron chi connectivity index (χ0n) is 20.7. The Bertz CT molecular complexity index is 785. The topological polar surface area (TPSA) is 156 Å². The van der Waals surface area contributed by atoms with Gasteiger partial charge in [0.25, 0.3) is 0 Å². The number of amides is 3. The van der Waals surface area contributed by atoms with Crippen LogP contribution in [0.5, 0.6) is 0 Å². The average Bonchev–Trinajstić information content (AvgIpc) is 2.80. The van der Waals surface area contributed by atoms with Gasteiger partial charge in [0.05, 0.1) is 12.1 Å². The lowest BCUT2D eigenvalue weighted by Gasteiger charge is -2.27. The van der Waals surface area contributed by atoms with Crippen molar-refractivity contribution in [3.8, 4) is 0 Å². The van der Waals surface area contributed by atoms with E-state index < -0.39 is 41.9 Å². The number of hydrogen-bond donors (Lipinski definition) is 5. The van der Waals surface area contributed by atoms with Crippen molar-refractivity contribution in [2.45, 2.75) is 77.5 Å². The van der Waals surface area contributed by atoms with Gasteiger partial charge in [0.2, 0.25) is 24.0 Å². The molecule has 7 N–H and O–H groups in total. The van der Waals surface area contributed by atoms with Crippen molar-refractivity contribution in [2.24, 2.45) is 23.3 Å². The lowest BCUT2D eigenvalue weighted by molar-refractivity contribution is -0.133. The van der Waals surface area contributed by atoms with E-state index in [-0.39, 0.29) is 18.3 Å². The maximum Gasteiger partial charge on any atom is 0.243 e. The largest absolute Gasteiger partial charge is 0.344 e. The molecule has 9 heteroatoms. The lowest BCUT2D eigenvalue weighted by atomic mass is 9.99. The van der Waals surface area contributed by atoms with Crippen LogP contribution in [0.2, 0.25) is 0 Å². The molecule has 0 aliphatic rings. The summed E-state index contributed by atoms with van der Waals surface area (Å²) in [5.74, 6) is -1.81. The monoisotopic (exact) mass is 474 g/mol. The van der Waals surface area contributed by atoms with Gasteiger partial charge in [0.1, 0.15) is 12.1 Å². The Balaban J connectivity index is 2.98. The summed E-state index contributed by atoms with van der Waals surface area (Å²) in [6.07, 6.45) is 4.00. The van der Waals surface area contributed by atoms with Crippen LogP contribution in [-0.4, -0.2) is 54.7 Å². The predicted octanol–water partition coefficient (Wildman–Crippen LogP) is 0.562. The van der Waals surface area contributed by atoms with E-state index in [0.29, 0.717) is 19.4 Å². The number of nitrogens with two attached hydrogens (primary N) is 2. The van der Waals surface area contributed by atoms with E-state index in [1.807, 2.05) is 36.6 Å². The molecule has 0 heterocycles. The van der Waals surface area contributed by atoms with Crippen LogP contribution in [0.3, 0.4) is 0 Å². The van der Waals surface area contributed by atoms with Crippen molar-refractivity contribution >= 4 is 24.0 Å². The molecule has 0 aliphatic carbocycles. The fraction of sp³-hybridized carbons (Fsp3) is 0.600. The number of hydrogen-bond acceptors (Lipinski definition) is 6. The van der Waals surface area contributed by atoms with Crippen LogP contribution < -0.4 is 27.4 Å². The fourth-order valence-electron chi connectivity index (χ4n) is 3.34. The number of benzene rings is 1. The average molecular weight is 475 g/mol. The highest BCUT2D eigenvalue weighted by Crippen LogP contribution is 2.09. The molecule has 0 saturated carbocycles. The van der Waals surface area contributed by atoms with Gasteiger partial charge in [0.15, 0.2) is 0 Å². The van der Waals surface area contributed by atoms with Crippen molar-refractivity contribution in [3.63, 3.8) is 0 Å². The second-order valence-corrected chi connectivity index (χ2v) is 9.22. The minimum Gasteiger partial charge on any atom is -0.344 e. The van der Waals surface area contributed by atoms with E-state index in [0.717, 1.165) is 12.0 Å². The van der Waals surface area contributed by atoms with Gasteiger partial charge in [0, 0.05) is 6.42 Å². The summed E-state index contributed by atoms with van der Waals surface area (Å²) in [5, 5.41) is 8.13. The SMILES string of the molecule is CC(C)[C@H](NC(=O)[C@@H](N)CCCCN)C(=O)N[C@@H](Cc1ccccc1)C(=O)N[C@H]([C]=O)C(C)C. The van der Waals surface area contributed by atoms with Crippen molar-refractivity contribution in [1.29, 1.82) is 0 Å². The number of unbranched alkanes of at least 4 members (excludes halogenated alkanes) is 1. The zero-order chi connectivity index (χ0) is 25.7. The first-order valence-corrected chi connectivity index (χ1v) is 11.9. The summed E-state index contributed by atoms with van der Waals surface area (Å²) in [6.45, 7) is 7.71. The number of rotatable bonds is 15. The minimum atomic E-state index is -0.944. The molecule has 189 valence electrons. The highest BCUT2D eigenvalue weighted by molar-refractivity contribution is 5.93. The Morgan fingerprint density at radius 3 is 2.06 bits per heavy atom. The van der Waals surface area contributed by atoms with Crippen LogP contribution in [0.1, 0.15) is 52.5 Å². The van der Waals surface area contributed by atoms with Gasteiger partial charge in [-0.1, -0.05) is 64.4 Å². The molecule has 0 aromatic heterocycles. The van der Waals surface area contributed by atoms with E-state index in [9.17, 15) is 19.2 Å². The smallest absolute Gasteiger partial charge is 0.243 e. The Morgan fingerprint density at radius 2 is 1.53 bits per heavy atom. The van der Waals surface area contributed by atoms with E-state index in [4.69, 9.17) is 11.5 Å². The second kappa shape index (κ2) is 15.2. The molecule has 0 aliphatic heterocycles. The van der Waals surface area contributed by atoms with Gasteiger partial charge in [-0.3, -0.25) is 19.2 Å². The summed E-state index contributed by atoms with van der Waals surface area (Å²) in [4.78, 5) is 50.0. The molecule has 1 aromatic rings. The Morgan fingerprint density at radius 1 is 0.882 bits per heavy atom. The van der Waals surface area contributed by atoms with Gasteiger partial charge < -0.3 is 27.4 Å². The van der Waals surface area contributed by atoms with Crippen molar-refractivity contribution < 1.29 is 19.2 Å². The van der Waals surface area contributed by atoms with E-state index in [1.165, 1.54) is 0 Å². The molecule has 1 rings (SSSR count). The molecule has 0 spiro atoms. The molecule has 3 amide bonds. The molecular formula is C25H40N5O4. The maximum atomic E-state index is 13.2. The van der Waals surface area contributed by atoms with Crippen molar-refractivity contribution in [3.05, 3.63) is 35.9 Å². The van der Waals surface area contributed by atoms with Gasteiger partial charge in [-0.2, -0.15) is 0 Å². The molecule has 0 saturated heterocycles. The van der Waals surface area contributed by atoms with Crippen LogP contribution in [0.15, 0.2) is 30.3 Å². The molecule has 0 fully saturated rings. The summed E-state index contributed by atoms with van der Waals surface area (Å²) in [6, 6.07) is 5.86. The van der Waals surface area contributed by atoms with Gasteiger partial charge >= 0.3 is 0 Å². The number of carbonyl (C=O) groups excluding carboxylic acids is 4. The molecule has 34 heavy (non-hydrogen) atoms. The number of nitrogens with one attached hydrogen (secondary N) is 3. The van der Waals surface area contributed by atoms with Crippen LogP contribution >= 0.6 is 0 Å². The quantitative estimate of drug-likeness (QED) is 0.234. The first-order valence-electron chi connectivity index (χ1n) is 11.9. The van der Waals surface area contributed by atoms with E-state index in [1.54, 1.807) is 27.7 Å². The summed E-state index contributed by atoms with van der Waals surface area (Å²) in [7, 11) is 0. The summed E-state index contributed by atoms with van der Waals surface area (Å²) in [5.41, 5.74) is 12.3. The van der Waals surface area contributed by atoms with E-state index >= 15 is 0 Å². The predicted molar refractivity (Wildman–Crippen MR) is 132 cm³/mol. The highest BCUT2D eigenvalue weighted by atomic mass is 16.2. The van der Waals surface area contributed by atoms with Crippen molar-refractivity contribution in [1.82, 2.24) is 16.0 Å². The second-order valence-electron chi connectivity index (χ2n) is 9.22. The third-order valence-corrected chi connectivity index (χ3v) is 5.56. The molecule has 4 atom stereocenters. The molecule has 1 radical (unpaired) electrons. The zero-order valence-corrected chi connectivity index (χ0v) is 20.7. The Kier molecular flexibility index (Phi) is 13.1. The Hall–Kier alpha value is -2.78. The molecule has 0 bridgehead atoms. The van der Waals surface area contributed by atoms with Crippen molar-refractivity contribution in [2.75, 3.05) is 6.54 Å². The van der Waals surface area contributed by atoms with Gasteiger partial charge in [-0.15, -0.1) is 0 Å². The van der Waals surface area contributed by atoms with Crippen LogP contribution in [0.4, 0.5) is 0 Å². The van der Waals surface area contributed by atoms with Crippen LogP contribution in [0, 0.1) is 11.8 Å². The standard InChI is InChI=1S/C25H40N5O4/c1-16(2)21(15-31)29-24(33)20(14-18-10-6-5-7-11-18)28-25(34)22(17(3)4)30-23(32)19(27)12-8-9-13-26/h5-7,10-11,16-17,19-22H,8-9,12-14,26-27H2,1-4H3,(H,28,34)(H,29,33)(H,30,32)/t19-,20-,21+,22-/m0/s1. The molecule has 1 aromatic carbocycles. The number of carbonyl (C=O) groups is 3. The van der Waals surface area contributed by atoms with Gasteiger partial charge in [-0.25, -0.2) is 0 Å². The summed E-state index contributed by atoms with van der Waals surface area (Å²) < 4.78 is 0. The van der Waals surface area contributed by atoms with E-state index in [2.05, 4.69) is 16.0 Å². The first-order chi connectivity index (χ1) is 16.1. The van der Waals surface area contributed by atoms with Crippen LogP contribution in [0.25, 0.3) is 0 Å². The normalized spacial score (nSPS) is 14.7. The first kappa shape index (κ1) is 29.3. The third-order valence-electron chi connectivity index (χ3n) is 5.56. The third kappa shape index (κ3) is 10.0. The fourth-order valence-corrected chi connectivity index (χ4v) is 3.34. The molecule has 9 nitrogen and oxygen atoms in total. The Labute approximate surface area is 202 Å². The highest BCUT2D eigenvalue weighted by Gasteiger charge is 2.31. The maximum absolute atomic E-state index is 13.2. The molecule has 0 unspecified atom stereocenters. The molecular weight excluding hydrogens is 434 g/mol. The van der Waals surface area contributed by atoms with Gasteiger partial charge in [-0.05, 0) is 36.8 Å².